The average Bonchev–Trinajstić information content (AvgIpc) is 2.93. The summed E-state index contributed by atoms with van der Waals surface area (Å²) in [7, 11) is -4.26. The van der Waals surface area contributed by atoms with Crippen LogP contribution >= 0.6 is 34.8 Å². The van der Waals surface area contributed by atoms with Gasteiger partial charge in [0.05, 0.1) is 20.6 Å². The van der Waals surface area contributed by atoms with E-state index in [0.717, 1.165) is 21.9 Å². The highest BCUT2D eigenvalue weighted by atomic mass is 35.5. The van der Waals surface area contributed by atoms with Crippen LogP contribution < -0.4 is 9.62 Å². The average molecular weight is 625 g/mol. The smallest absolute Gasteiger partial charge is 0.264 e. The van der Waals surface area contributed by atoms with Crippen molar-refractivity contribution < 1.29 is 18.0 Å². The van der Waals surface area contributed by atoms with Crippen LogP contribution in [0.15, 0.2) is 71.6 Å². The molecule has 0 saturated heterocycles. The predicted octanol–water partition coefficient (Wildman–Crippen LogP) is 6.48. The molecule has 3 aromatic rings. The van der Waals surface area contributed by atoms with Gasteiger partial charge in [-0.1, -0.05) is 84.5 Å². The van der Waals surface area contributed by atoms with E-state index in [0.29, 0.717) is 18.0 Å². The lowest BCUT2D eigenvalue weighted by Crippen LogP contribution is -2.52. The van der Waals surface area contributed by atoms with Gasteiger partial charge in [0.25, 0.3) is 10.0 Å². The van der Waals surface area contributed by atoms with Crippen LogP contribution in [0.1, 0.15) is 37.8 Å². The number of hydrogen-bond donors (Lipinski definition) is 1. The van der Waals surface area contributed by atoms with Crippen molar-refractivity contribution in [2.45, 2.75) is 51.1 Å². The fraction of sp³-hybridized carbons (Fsp3) is 0.310. The zero-order valence-electron chi connectivity index (χ0n) is 22.5. The lowest BCUT2D eigenvalue weighted by Gasteiger charge is -2.33. The van der Waals surface area contributed by atoms with Gasteiger partial charge in [0.1, 0.15) is 12.6 Å². The Balaban J connectivity index is 2.09. The predicted molar refractivity (Wildman–Crippen MR) is 162 cm³/mol. The molecule has 0 aliphatic heterocycles. The van der Waals surface area contributed by atoms with E-state index in [4.69, 9.17) is 34.8 Å². The van der Waals surface area contributed by atoms with Crippen LogP contribution in [0.25, 0.3) is 0 Å². The van der Waals surface area contributed by atoms with Crippen LogP contribution in [0, 0.1) is 6.92 Å². The summed E-state index contributed by atoms with van der Waals surface area (Å²) in [5, 5.41) is 3.51. The summed E-state index contributed by atoms with van der Waals surface area (Å²) in [5.74, 6) is -0.902. The summed E-state index contributed by atoms with van der Waals surface area (Å²) in [6.45, 7) is 5.48. The van der Waals surface area contributed by atoms with Crippen molar-refractivity contribution in [3.8, 4) is 0 Å². The lowest BCUT2D eigenvalue weighted by molar-refractivity contribution is -0.140. The highest BCUT2D eigenvalue weighted by Crippen LogP contribution is 2.35. The maximum absolute atomic E-state index is 14.0. The minimum atomic E-state index is -4.26. The van der Waals surface area contributed by atoms with Crippen molar-refractivity contribution in [2.24, 2.45) is 0 Å². The SMILES string of the molecule is CCCNC(=O)[C@H](CC)N(Cc1ccc(Cl)cc1)C(=O)CN(c1cccc(Cl)c1Cl)S(=O)(=O)c1ccc(C)cc1. The number of hydrogen-bond acceptors (Lipinski definition) is 4. The number of amides is 2. The van der Waals surface area contributed by atoms with Gasteiger partial charge in [-0.3, -0.25) is 13.9 Å². The van der Waals surface area contributed by atoms with Gasteiger partial charge in [0, 0.05) is 18.1 Å². The Hall–Kier alpha value is -2.78. The van der Waals surface area contributed by atoms with Crippen molar-refractivity contribution in [1.82, 2.24) is 10.2 Å². The summed E-state index contributed by atoms with van der Waals surface area (Å²) in [6.07, 6.45) is 1.04. The van der Waals surface area contributed by atoms with E-state index >= 15 is 0 Å². The maximum atomic E-state index is 14.0. The number of anilines is 1. The summed E-state index contributed by atoms with van der Waals surface area (Å²) in [4.78, 5) is 28.6. The van der Waals surface area contributed by atoms with Gasteiger partial charge < -0.3 is 10.2 Å². The van der Waals surface area contributed by atoms with Crippen LogP contribution in [0.3, 0.4) is 0 Å². The minimum Gasteiger partial charge on any atom is -0.354 e. The molecule has 0 aliphatic rings. The van der Waals surface area contributed by atoms with E-state index in [9.17, 15) is 18.0 Å². The molecule has 2 amide bonds. The van der Waals surface area contributed by atoms with Gasteiger partial charge in [-0.15, -0.1) is 0 Å². The van der Waals surface area contributed by atoms with Crippen LogP contribution in [0.2, 0.25) is 15.1 Å². The van der Waals surface area contributed by atoms with E-state index in [-0.39, 0.29) is 33.1 Å². The first-order chi connectivity index (χ1) is 19.0. The Morgan fingerprint density at radius 3 is 2.17 bits per heavy atom. The molecular weight excluding hydrogens is 593 g/mol. The first kappa shape index (κ1) is 31.7. The van der Waals surface area contributed by atoms with Gasteiger partial charge in [-0.05, 0) is 61.7 Å². The van der Waals surface area contributed by atoms with E-state index < -0.39 is 28.5 Å². The fourth-order valence-electron chi connectivity index (χ4n) is 4.11. The van der Waals surface area contributed by atoms with Crippen molar-refractivity contribution >= 4 is 62.3 Å². The maximum Gasteiger partial charge on any atom is 0.264 e. The third kappa shape index (κ3) is 7.69. The number of nitrogens with one attached hydrogen (secondary N) is 1. The molecule has 0 saturated carbocycles. The molecule has 0 heterocycles. The van der Waals surface area contributed by atoms with Gasteiger partial charge in [-0.25, -0.2) is 8.42 Å². The molecule has 11 heteroatoms. The number of carbonyl (C=O) groups is 2. The standard InChI is InChI=1S/C29H32Cl3N3O4S/c1-4-17-33-29(37)25(5-2)34(18-21-11-13-22(30)14-12-21)27(36)19-35(26-8-6-7-24(31)28(26)32)40(38,39)23-15-9-20(3)10-16-23/h6-16,25H,4-5,17-19H2,1-3H3,(H,33,37)/t25-/m0/s1. The Morgan fingerprint density at radius 2 is 1.57 bits per heavy atom. The number of benzene rings is 3. The highest BCUT2D eigenvalue weighted by Gasteiger charge is 2.34. The van der Waals surface area contributed by atoms with Crippen LogP contribution in [0.4, 0.5) is 5.69 Å². The second-order valence-electron chi connectivity index (χ2n) is 9.26. The van der Waals surface area contributed by atoms with Gasteiger partial charge in [0.2, 0.25) is 11.8 Å². The quantitative estimate of drug-likeness (QED) is 0.250. The van der Waals surface area contributed by atoms with Crippen molar-refractivity contribution in [1.29, 1.82) is 0 Å². The van der Waals surface area contributed by atoms with Crippen LogP contribution in [-0.4, -0.2) is 44.3 Å². The summed E-state index contributed by atoms with van der Waals surface area (Å²) in [6, 6.07) is 16.9. The summed E-state index contributed by atoms with van der Waals surface area (Å²) < 4.78 is 28.8. The van der Waals surface area contributed by atoms with E-state index in [2.05, 4.69) is 5.32 Å². The molecule has 1 N–H and O–H groups in total. The minimum absolute atomic E-state index is 0.00960. The Labute approximate surface area is 251 Å². The highest BCUT2D eigenvalue weighted by molar-refractivity contribution is 7.92. The zero-order chi connectivity index (χ0) is 29.4. The molecule has 1 atom stereocenters. The molecule has 40 heavy (non-hydrogen) atoms. The molecule has 0 spiro atoms. The molecule has 0 fully saturated rings. The van der Waals surface area contributed by atoms with Gasteiger partial charge in [0.15, 0.2) is 0 Å². The first-order valence-corrected chi connectivity index (χ1v) is 15.4. The molecule has 0 radical (unpaired) electrons. The summed E-state index contributed by atoms with van der Waals surface area (Å²) >= 11 is 18.8. The number of carbonyl (C=O) groups excluding carboxylic acids is 2. The molecule has 7 nitrogen and oxygen atoms in total. The lowest BCUT2D eigenvalue weighted by atomic mass is 10.1. The second-order valence-corrected chi connectivity index (χ2v) is 12.3. The molecule has 0 bridgehead atoms. The van der Waals surface area contributed by atoms with Crippen LogP contribution in [0.5, 0.6) is 0 Å². The monoisotopic (exact) mass is 623 g/mol. The molecule has 3 aromatic carbocycles. The largest absolute Gasteiger partial charge is 0.354 e. The van der Waals surface area contributed by atoms with Gasteiger partial charge in [-0.2, -0.15) is 0 Å². The number of rotatable bonds is 12. The molecular formula is C29H32Cl3N3O4S. The topological polar surface area (TPSA) is 86.8 Å². The fourth-order valence-corrected chi connectivity index (χ4v) is 6.11. The number of nitrogens with zero attached hydrogens (tertiary/aromatic N) is 2. The molecule has 214 valence electrons. The number of aryl methyl sites for hydroxylation is 1. The number of sulfonamides is 1. The molecule has 0 aromatic heterocycles. The summed E-state index contributed by atoms with van der Waals surface area (Å²) in [5.41, 5.74) is 1.66. The third-order valence-electron chi connectivity index (χ3n) is 6.29. The zero-order valence-corrected chi connectivity index (χ0v) is 25.6. The Morgan fingerprint density at radius 1 is 0.925 bits per heavy atom. The molecule has 0 aliphatic carbocycles. The Bertz CT molecular complexity index is 1430. The second kappa shape index (κ2) is 14.2. The number of halogens is 3. The molecule has 3 rings (SSSR count). The van der Waals surface area contributed by atoms with Crippen LogP contribution in [-0.2, 0) is 26.2 Å². The van der Waals surface area contributed by atoms with Crippen molar-refractivity contribution in [3.63, 3.8) is 0 Å². The van der Waals surface area contributed by atoms with Crippen molar-refractivity contribution in [3.05, 3.63) is 92.9 Å². The van der Waals surface area contributed by atoms with Gasteiger partial charge >= 0.3 is 0 Å². The van der Waals surface area contributed by atoms with E-state index in [1.165, 1.54) is 29.2 Å². The normalized spacial score (nSPS) is 12.1. The van der Waals surface area contributed by atoms with E-state index in [1.807, 2.05) is 13.8 Å². The third-order valence-corrected chi connectivity index (χ3v) is 9.12. The Kier molecular flexibility index (Phi) is 11.3. The van der Waals surface area contributed by atoms with E-state index in [1.54, 1.807) is 49.4 Å². The van der Waals surface area contributed by atoms with Crippen molar-refractivity contribution in [2.75, 3.05) is 17.4 Å². The first-order valence-electron chi connectivity index (χ1n) is 12.8. The molecule has 0 unspecified atom stereocenters.